The van der Waals surface area contributed by atoms with Crippen LogP contribution in [0.25, 0.3) is 5.69 Å². The Hall–Kier alpha value is -3.55. The lowest BCUT2D eigenvalue weighted by Gasteiger charge is -2.31. The maximum atomic E-state index is 13.9. The molecule has 31 heavy (non-hydrogen) atoms. The van der Waals surface area contributed by atoms with Crippen molar-refractivity contribution in [2.75, 3.05) is 13.1 Å². The van der Waals surface area contributed by atoms with Crippen molar-refractivity contribution in [3.05, 3.63) is 83.7 Å². The van der Waals surface area contributed by atoms with Crippen LogP contribution in [0.15, 0.2) is 60.8 Å². The van der Waals surface area contributed by atoms with Gasteiger partial charge < -0.3 is 9.64 Å². The summed E-state index contributed by atoms with van der Waals surface area (Å²) in [5, 5.41) is 4.41. The van der Waals surface area contributed by atoms with E-state index in [9.17, 15) is 18.4 Å². The Kier molecular flexibility index (Phi) is 6.06. The fourth-order valence-electron chi connectivity index (χ4n) is 3.58. The first-order chi connectivity index (χ1) is 15.0. The minimum absolute atomic E-state index is 0.0681. The van der Waals surface area contributed by atoms with Crippen molar-refractivity contribution in [2.24, 2.45) is 5.92 Å². The van der Waals surface area contributed by atoms with Crippen molar-refractivity contribution in [1.82, 2.24) is 14.7 Å². The predicted molar refractivity (Wildman–Crippen MR) is 108 cm³/mol. The fourth-order valence-corrected chi connectivity index (χ4v) is 3.58. The van der Waals surface area contributed by atoms with E-state index in [1.54, 1.807) is 16.9 Å². The van der Waals surface area contributed by atoms with Crippen molar-refractivity contribution in [3.63, 3.8) is 0 Å². The molecule has 1 amide bonds. The number of hydrogen-bond donors (Lipinski definition) is 0. The number of carbonyl (C=O) groups excluding carboxylic acids is 2. The first-order valence-electron chi connectivity index (χ1n) is 10.0. The van der Waals surface area contributed by atoms with E-state index in [4.69, 9.17) is 4.74 Å². The van der Waals surface area contributed by atoms with Crippen LogP contribution < -0.4 is 0 Å². The van der Waals surface area contributed by atoms with Gasteiger partial charge in [0.05, 0.1) is 17.2 Å². The van der Waals surface area contributed by atoms with Crippen LogP contribution in [0.1, 0.15) is 28.9 Å². The minimum Gasteiger partial charge on any atom is -0.459 e. The molecule has 1 aromatic heterocycles. The average molecular weight is 425 g/mol. The largest absolute Gasteiger partial charge is 0.459 e. The number of carbonyl (C=O) groups is 2. The summed E-state index contributed by atoms with van der Waals surface area (Å²) in [6.45, 7) is 0.675. The molecule has 1 aliphatic rings. The third-order valence-electron chi connectivity index (χ3n) is 5.30. The molecule has 2 heterocycles. The van der Waals surface area contributed by atoms with Crippen LogP contribution in [-0.2, 0) is 16.1 Å². The third-order valence-corrected chi connectivity index (χ3v) is 5.30. The van der Waals surface area contributed by atoms with E-state index >= 15 is 0 Å². The molecule has 0 radical (unpaired) electrons. The summed E-state index contributed by atoms with van der Waals surface area (Å²) in [5.41, 5.74) is 1.38. The quantitative estimate of drug-likeness (QED) is 0.584. The molecule has 0 saturated carbocycles. The van der Waals surface area contributed by atoms with Gasteiger partial charge in [0, 0.05) is 25.4 Å². The molecule has 0 spiro atoms. The van der Waals surface area contributed by atoms with Crippen LogP contribution in [0.2, 0.25) is 0 Å². The van der Waals surface area contributed by atoms with E-state index in [1.807, 2.05) is 30.3 Å². The highest BCUT2D eigenvalue weighted by Crippen LogP contribution is 2.22. The Morgan fingerprint density at radius 3 is 2.48 bits per heavy atom. The van der Waals surface area contributed by atoms with Crippen molar-refractivity contribution in [2.45, 2.75) is 19.4 Å². The highest BCUT2D eigenvalue weighted by molar-refractivity contribution is 5.94. The number of ether oxygens (including phenoxy) is 1. The normalized spacial score (nSPS) is 14.5. The number of nitrogens with zero attached hydrogens (tertiary/aromatic N) is 3. The Morgan fingerprint density at radius 1 is 1.03 bits per heavy atom. The highest BCUT2D eigenvalue weighted by Gasteiger charge is 2.30. The van der Waals surface area contributed by atoms with E-state index in [0.717, 1.165) is 17.8 Å². The molecule has 0 bridgehead atoms. The zero-order valence-corrected chi connectivity index (χ0v) is 16.7. The van der Waals surface area contributed by atoms with Gasteiger partial charge in [-0.15, -0.1) is 0 Å². The number of amides is 1. The summed E-state index contributed by atoms with van der Waals surface area (Å²) < 4.78 is 34.0. The van der Waals surface area contributed by atoms with Gasteiger partial charge in [-0.05, 0) is 43.2 Å². The van der Waals surface area contributed by atoms with Gasteiger partial charge in [-0.25, -0.2) is 13.5 Å². The fraction of sp³-hybridized carbons (Fsp3) is 0.261. The Morgan fingerprint density at radius 2 is 1.77 bits per heavy atom. The van der Waals surface area contributed by atoms with E-state index in [0.29, 0.717) is 37.7 Å². The lowest BCUT2D eigenvalue weighted by Crippen LogP contribution is -2.41. The Bertz CT molecular complexity index is 1080. The Labute approximate surface area is 178 Å². The molecule has 0 atom stereocenters. The van der Waals surface area contributed by atoms with Gasteiger partial charge >= 0.3 is 5.97 Å². The second-order valence-electron chi connectivity index (χ2n) is 7.39. The molecule has 1 fully saturated rings. The van der Waals surface area contributed by atoms with Gasteiger partial charge in [0.1, 0.15) is 23.9 Å². The maximum Gasteiger partial charge on any atom is 0.309 e. The topological polar surface area (TPSA) is 64.4 Å². The number of likely N-dealkylation sites (tertiary alicyclic amines) is 1. The summed E-state index contributed by atoms with van der Waals surface area (Å²) in [7, 11) is 0. The standard InChI is InChI=1S/C23H21F2N3O3/c24-17-6-7-20(21(25)14-17)22(29)27-11-8-16(9-12-27)23(30)31-15-18-10-13-28(26-18)19-4-2-1-3-5-19/h1-7,10,13-14,16H,8-9,11-12,15H2. The molecule has 2 aromatic carbocycles. The van der Waals surface area contributed by atoms with Crippen molar-refractivity contribution in [1.29, 1.82) is 0 Å². The molecular weight excluding hydrogens is 404 g/mol. The molecule has 6 nitrogen and oxygen atoms in total. The third kappa shape index (κ3) is 4.79. The monoisotopic (exact) mass is 425 g/mol. The van der Waals surface area contributed by atoms with Crippen LogP contribution in [0.4, 0.5) is 8.78 Å². The average Bonchev–Trinajstić information content (AvgIpc) is 3.27. The maximum absolute atomic E-state index is 13.9. The predicted octanol–water partition coefficient (Wildman–Crippen LogP) is 3.75. The van der Waals surface area contributed by atoms with Crippen LogP contribution in [0, 0.1) is 17.6 Å². The second-order valence-corrected chi connectivity index (χ2v) is 7.39. The summed E-state index contributed by atoms with van der Waals surface area (Å²) >= 11 is 0. The van der Waals surface area contributed by atoms with Gasteiger partial charge in [-0.1, -0.05) is 18.2 Å². The van der Waals surface area contributed by atoms with E-state index in [-0.39, 0.29) is 24.1 Å². The van der Waals surface area contributed by atoms with Crippen molar-refractivity contribution < 1.29 is 23.1 Å². The molecule has 160 valence electrons. The highest BCUT2D eigenvalue weighted by atomic mass is 19.1. The minimum atomic E-state index is -0.888. The molecule has 0 unspecified atom stereocenters. The lowest BCUT2D eigenvalue weighted by atomic mass is 9.96. The molecule has 1 saturated heterocycles. The van der Waals surface area contributed by atoms with Gasteiger partial charge in [-0.2, -0.15) is 5.10 Å². The molecule has 8 heteroatoms. The molecule has 3 aromatic rings. The number of aromatic nitrogens is 2. The summed E-state index contributed by atoms with van der Waals surface area (Å²) in [4.78, 5) is 26.4. The summed E-state index contributed by atoms with van der Waals surface area (Å²) in [6.07, 6.45) is 2.65. The van der Waals surface area contributed by atoms with E-state index < -0.39 is 17.5 Å². The van der Waals surface area contributed by atoms with Gasteiger partial charge in [0.2, 0.25) is 0 Å². The van der Waals surface area contributed by atoms with Crippen molar-refractivity contribution in [3.8, 4) is 5.69 Å². The molecule has 0 N–H and O–H groups in total. The van der Waals surface area contributed by atoms with Gasteiger partial charge in [0.25, 0.3) is 5.91 Å². The smallest absolute Gasteiger partial charge is 0.309 e. The number of rotatable bonds is 5. The SMILES string of the molecule is O=C(OCc1ccn(-c2ccccc2)n1)C1CCN(C(=O)c2ccc(F)cc2F)CC1. The lowest BCUT2D eigenvalue weighted by molar-refractivity contribution is -0.151. The first kappa shape index (κ1) is 20.7. The molecular formula is C23H21F2N3O3. The van der Waals surface area contributed by atoms with Crippen LogP contribution in [-0.4, -0.2) is 39.6 Å². The van der Waals surface area contributed by atoms with Crippen LogP contribution in [0.3, 0.4) is 0 Å². The second kappa shape index (κ2) is 9.07. The number of esters is 1. The van der Waals surface area contributed by atoms with Gasteiger partial charge in [-0.3, -0.25) is 9.59 Å². The van der Waals surface area contributed by atoms with Crippen LogP contribution in [0.5, 0.6) is 0 Å². The summed E-state index contributed by atoms with van der Waals surface area (Å²) in [5.74, 6) is -2.80. The number of para-hydroxylation sites is 1. The number of piperidine rings is 1. The van der Waals surface area contributed by atoms with Crippen LogP contribution >= 0.6 is 0 Å². The van der Waals surface area contributed by atoms with E-state index in [2.05, 4.69) is 5.10 Å². The molecule has 0 aliphatic carbocycles. The first-order valence-corrected chi connectivity index (χ1v) is 10.0. The zero-order valence-electron chi connectivity index (χ0n) is 16.7. The summed E-state index contributed by atoms with van der Waals surface area (Å²) in [6, 6.07) is 14.3. The molecule has 4 rings (SSSR count). The van der Waals surface area contributed by atoms with E-state index in [1.165, 1.54) is 4.90 Å². The number of halogens is 2. The molecule has 1 aliphatic heterocycles. The number of benzene rings is 2. The Balaban J connectivity index is 1.28. The zero-order chi connectivity index (χ0) is 21.8. The number of hydrogen-bond acceptors (Lipinski definition) is 4. The van der Waals surface area contributed by atoms with Crippen molar-refractivity contribution >= 4 is 11.9 Å². The van der Waals surface area contributed by atoms with Gasteiger partial charge in [0.15, 0.2) is 0 Å².